The monoisotopic (exact) mass is 266 g/mol. The molecule has 4 nitrogen and oxygen atoms in total. The van der Waals surface area contributed by atoms with Crippen molar-refractivity contribution in [1.82, 2.24) is 10.2 Å². The first-order valence-corrected chi connectivity index (χ1v) is 6.47. The van der Waals surface area contributed by atoms with Crippen LogP contribution in [0, 0.1) is 5.82 Å². The van der Waals surface area contributed by atoms with E-state index in [2.05, 4.69) is 5.32 Å². The highest BCUT2D eigenvalue weighted by Crippen LogP contribution is 2.15. The molecule has 2 atom stereocenters. The van der Waals surface area contributed by atoms with Crippen molar-refractivity contribution in [3.8, 4) is 5.75 Å². The first-order chi connectivity index (χ1) is 9.08. The number of hydrogen-bond donors (Lipinski definition) is 1. The zero-order valence-corrected chi connectivity index (χ0v) is 11.2. The van der Waals surface area contributed by atoms with E-state index >= 15 is 0 Å². The fraction of sp³-hybridized carbons (Fsp3) is 0.500. The number of nitrogens with one attached hydrogen (secondary N) is 1. The number of halogens is 1. The Morgan fingerprint density at radius 3 is 3.00 bits per heavy atom. The van der Waals surface area contributed by atoms with E-state index in [9.17, 15) is 9.18 Å². The molecule has 1 fully saturated rings. The summed E-state index contributed by atoms with van der Waals surface area (Å²) in [5.74, 6) is -0.0812. The summed E-state index contributed by atoms with van der Waals surface area (Å²) >= 11 is 0. The van der Waals surface area contributed by atoms with Crippen molar-refractivity contribution in [2.45, 2.75) is 25.5 Å². The molecule has 2 rings (SSSR count). The minimum absolute atomic E-state index is 0.0852. The van der Waals surface area contributed by atoms with Gasteiger partial charge in [-0.05, 0) is 32.0 Å². The number of amides is 1. The van der Waals surface area contributed by atoms with Gasteiger partial charge in [-0.1, -0.05) is 6.07 Å². The highest BCUT2D eigenvalue weighted by Gasteiger charge is 2.27. The van der Waals surface area contributed by atoms with Crippen LogP contribution in [-0.4, -0.2) is 43.1 Å². The van der Waals surface area contributed by atoms with E-state index in [1.807, 2.05) is 0 Å². The highest BCUT2D eigenvalue weighted by molar-refractivity contribution is 5.81. The number of benzene rings is 1. The van der Waals surface area contributed by atoms with E-state index in [1.165, 1.54) is 12.1 Å². The molecule has 104 valence electrons. The van der Waals surface area contributed by atoms with Gasteiger partial charge in [-0.3, -0.25) is 4.79 Å². The molecule has 0 saturated carbocycles. The van der Waals surface area contributed by atoms with Gasteiger partial charge in [0.2, 0.25) is 0 Å². The molecule has 1 aliphatic rings. The molecule has 0 spiro atoms. The first kappa shape index (κ1) is 13.8. The molecule has 5 heteroatoms. The summed E-state index contributed by atoms with van der Waals surface area (Å²) in [6.07, 6.45) is 0.335. The van der Waals surface area contributed by atoms with Crippen molar-refractivity contribution in [3.63, 3.8) is 0 Å². The Morgan fingerprint density at radius 1 is 1.58 bits per heavy atom. The average Bonchev–Trinajstić information content (AvgIpc) is 2.90. The Morgan fingerprint density at radius 2 is 2.37 bits per heavy atom. The molecule has 2 unspecified atom stereocenters. The van der Waals surface area contributed by atoms with Gasteiger partial charge in [-0.15, -0.1) is 0 Å². The molecule has 1 aromatic carbocycles. The van der Waals surface area contributed by atoms with Crippen LogP contribution in [0.25, 0.3) is 0 Å². The van der Waals surface area contributed by atoms with Gasteiger partial charge in [0.05, 0.1) is 0 Å². The maximum atomic E-state index is 13.0. The number of carbonyl (C=O) groups is 1. The van der Waals surface area contributed by atoms with Crippen LogP contribution in [-0.2, 0) is 4.79 Å². The SMILES string of the molecule is CC(Oc1cccc(F)c1)C(=O)N(C)C1CCNC1. The maximum absolute atomic E-state index is 13.0. The standard InChI is InChI=1S/C14H19FN2O2/c1-10(19-13-5-3-4-11(15)8-13)14(18)17(2)12-6-7-16-9-12/h3-5,8,10,12,16H,6-7,9H2,1-2H3. The second-order valence-corrected chi connectivity index (χ2v) is 4.81. The number of likely N-dealkylation sites (N-methyl/N-ethyl adjacent to an activating group) is 1. The summed E-state index contributed by atoms with van der Waals surface area (Å²) in [4.78, 5) is 13.9. The Bertz CT molecular complexity index is 447. The first-order valence-electron chi connectivity index (χ1n) is 6.47. The van der Waals surface area contributed by atoms with Crippen molar-refractivity contribution in [3.05, 3.63) is 30.1 Å². The molecule has 1 amide bonds. The van der Waals surface area contributed by atoms with Crippen LogP contribution < -0.4 is 10.1 Å². The summed E-state index contributed by atoms with van der Waals surface area (Å²) < 4.78 is 18.5. The van der Waals surface area contributed by atoms with E-state index in [-0.39, 0.29) is 17.8 Å². The second-order valence-electron chi connectivity index (χ2n) is 4.81. The molecule has 1 heterocycles. The minimum atomic E-state index is -0.618. The van der Waals surface area contributed by atoms with Gasteiger partial charge >= 0.3 is 0 Å². The van der Waals surface area contributed by atoms with Gasteiger partial charge in [0.1, 0.15) is 11.6 Å². The van der Waals surface area contributed by atoms with E-state index < -0.39 is 6.10 Å². The lowest BCUT2D eigenvalue weighted by Crippen LogP contribution is -2.44. The van der Waals surface area contributed by atoms with E-state index in [0.717, 1.165) is 19.5 Å². The van der Waals surface area contributed by atoms with Gasteiger partial charge in [0.25, 0.3) is 5.91 Å². The molecule has 0 aromatic heterocycles. The molecule has 19 heavy (non-hydrogen) atoms. The van der Waals surface area contributed by atoms with Crippen LogP contribution in [0.3, 0.4) is 0 Å². The van der Waals surface area contributed by atoms with Crippen molar-refractivity contribution >= 4 is 5.91 Å². The summed E-state index contributed by atoms with van der Waals surface area (Å²) in [5, 5.41) is 3.22. The van der Waals surface area contributed by atoms with Gasteiger partial charge in [-0.2, -0.15) is 0 Å². The maximum Gasteiger partial charge on any atom is 0.263 e. The smallest absolute Gasteiger partial charge is 0.263 e. The van der Waals surface area contributed by atoms with Crippen LogP contribution in [0.1, 0.15) is 13.3 Å². The van der Waals surface area contributed by atoms with Crippen molar-refractivity contribution in [1.29, 1.82) is 0 Å². The molecule has 1 saturated heterocycles. The normalized spacial score (nSPS) is 20.1. The largest absolute Gasteiger partial charge is 0.481 e. The topological polar surface area (TPSA) is 41.6 Å². The van der Waals surface area contributed by atoms with Gasteiger partial charge in [-0.25, -0.2) is 4.39 Å². The summed E-state index contributed by atoms with van der Waals surface area (Å²) in [6.45, 7) is 3.43. The zero-order valence-electron chi connectivity index (χ0n) is 11.2. The third-order valence-corrected chi connectivity index (χ3v) is 3.39. The van der Waals surface area contributed by atoms with Crippen LogP contribution in [0.2, 0.25) is 0 Å². The fourth-order valence-corrected chi connectivity index (χ4v) is 2.23. The highest BCUT2D eigenvalue weighted by atomic mass is 19.1. The van der Waals surface area contributed by atoms with E-state index in [0.29, 0.717) is 5.75 Å². The molecule has 0 radical (unpaired) electrons. The molecule has 1 aliphatic heterocycles. The molecule has 1 aromatic rings. The average molecular weight is 266 g/mol. The Balaban J connectivity index is 1.95. The molecular formula is C14H19FN2O2. The fourth-order valence-electron chi connectivity index (χ4n) is 2.23. The number of nitrogens with zero attached hydrogens (tertiary/aromatic N) is 1. The van der Waals surface area contributed by atoms with Crippen LogP contribution >= 0.6 is 0 Å². The second kappa shape index (κ2) is 6.02. The predicted octanol–water partition coefficient (Wildman–Crippen LogP) is 1.41. The van der Waals surface area contributed by atoms with Crippen molar-refractivity contribution < 1.29 is 13.9 Å². The number of rotatable bonds is 4. The Kier molecular flexibility index (Phi) is 4.37. The van der Waals surface area contributed by atoms with Crippen LogP contribution in [0.4, 0.5) is 4.39 Å². The van der Waals surface area contributed by atoms with E-state index in [4.69, 9.17) is 4.74 Å². The lowest BCUT2D eigenvalue weighted by molar-refractivity contribution is -0.138. The van der Waals surface area contributed by atoms with Gasteiger partial charge in [0.15, 0.2) is 6.10 Å². The third kappa shape index (κ3) is 3.44. The summed E-state index contributed by atoms with van der Waals surface area (Å²) in [5.41, 5.74) is 0. The van der Waals surface area contributed by atoms with Crippen molar-refractivity contribution in [2.75, 3.05) is 20.1 Å². The van der Waals surface area contributed by atoms with Gasteiger partial charge < -0.3 is 15.0 Å². The number of hydrogen-bond acceptors (Lipinski definition) is 3. The van der Waals surface area contributed by atoms with Crippen molar-refractivity contribution in [2.24, 2.45) is 0 Å². The Labute approximate surface area is 112 Å². The van der Waals surface area contributed by atoms with Gasteiger partial charge in [0, 0.05) is 25.7 Å². The third-order valence-electron chi connectivity index (χ3n) is 3.39. The minimum Gasteiger partial charge on any atom is -0.481 e. The lowest BCUT2D eigenvalue weighted by atomic mass is 10.2. The Hall–Kier alpha value is -1.62. The molecule has 0 aliphatic carbocycles. The predicted molar refractivity (Wildman–Crippen MR) is 70.5 cm³/mol. The molecule has 1 N–H and O–H groups in total. The number of carbonyl (C=O) groups excluding carboxylic acids is 1. The number of ether oxygens (including phenoxy) is 1. The van der Waals surface area contributed by atoms with E-state index in [1.54, 1.807) is 31.0 Å². The summed E-state index contributed by atoms with van der Waals surface area (Å²) in [6, 6.07) is 6.04. The van der Waals surface area contributed by atoms with Crippen LogP contribution in [0.15, 0.2) is 24.3 Å². The van der Waals surface area contributed by atoms with Crippen LogP contribution in [0.5, 0.6) is 5.75 Å². The summed E-state index contributed by atoms with van der Waals surface area (Å²) in [7, 11) is 1.78. The molecular weight excluding hydrogens is 247 g/mol. The zero-order chi connectivity index (χ0) is 13.8. The quantitative estimate of drug-likeness (QED) is 0.896. The lowest BCUT2D eigenvalue weighted by Gasteiger charge is -2.27. The molecule has 0 bridgehead atoms.